The molecule has 1 N–H and O–H groups in total. The van der Waals surface area contributed by atoms with Gasteiger partial charge in [0.05, 0.1) is 26.5 Å². The first-order valence-electron chi connectivity index (χ1n) is 8.31. The van der Waals surface area contributed by atoms with Gasteiger partial charge in [0.15, 0.2) is 11.5 Å². The van der Waals surface area contributed by atoms with E-state index < -0.39 is 0 Å². The Morgan fingerprint density at radius 3 is 2.74 bits per heavy atom. The van der Waals surface area contributed by atoms with Crippen molar-refractivity contribution in [3.05, 3.63) is 47.9 Å². The van der Waals surface area contributed by atoms with Gasteiger partial charge in [-0.2, -0.15) is 0 Å². The van der Waals surface area contributed by atoms with Gasteiger partial charge in [-0.1, -0.05) is 25.8 Å². The first-order chi connectivity index (χ1) is 11.2. The van der Waals surface area contributed by atoms with Crippen LogP contribution in [-0.2, 0) is 6.54 Å². The zero-order valence-electron chi connectivity index (χ0n) is 14.3. The minimum atomic E-state index is 0.197. The van der Waals surface area contributed by atoms with Gasteiger partial charge in [0.25, 0.3) is 0 Å². The molecule has 2 rings (SSSR count). The van der Waals surface area contributed by atoms with E-state index in [0.717, 1.165) is 35.9 Å². The quantitative estimate of drug-likeness (QED) is 0.645. The molecule has 2 aromatic rings. The molecule has 1 aromatic carbocycles. The van der Waals surface area contributed by atoms with Crippen LogP contribution in [0.5, 0.6) is 11.5 Å². The number of methoxy groups -OCH3 is 1. The van der Waals surface area contributed by atoms with Gasteiger partial charge in [0, 0.05) is 6.04 Å². The maximum Gasteiger partial charge on any atom is 0.161 e. The molecule has 4 heteroatoms. The molecule has 0 aliphatic carbocycles. The molecule has 0 bridgehead atoms. The van der Waals surface area contributed by atoms with E-state index in [1.165, 1.54) is 12.8 Å². The zero-order valence-corrected chi connectivity index (χ0v) is 14.3. The molecule has 0 aliphatic heterocycles. The Labute approximate surface area is 138 Å². The number of unbranched alkanes of at least 4 members (excludes halogenated alkanes) is 2. The summed E-state index contributed by atoms with van der Waals surface area (Å²) in [6.07, 6.45) is 5.14. The van der Waals surface area contributed by atoms with Crippen molar-refractivity contribution in [2.24, 2.45) is 0 Å². The molecular formula is C19H27NO3. The number of furan rings is 1. The summed E-state index contributed by atoms with van der Waals surface area (Å²) in [6, 6.07) is 10.2. The summed E-state index contributed by atoms with van der Waals surface area (Å²) < 4.78 is 16.6. The van der Waals surface area contributed by atoms with E-state index in [1.807, 2.05) is 24.3 Å². The molecule has 1 aromatic heterocycles. The van der Waals surface area contributed by atoms with Crippen LogP contribution in [0.2, 0.25) is 0 Å². The summed E-state index contributed by atoms with van der Waals surface area (Å²) in [4.78, 5) is 0. The molecule has 0 spiro atoms. The highest BCUT2D eigenvalue weighted by molar-refractivity contribution is 5.43. The van der Waals surface area contributed by atoms with E-state index in [2.05, 4.69) is 25.2 Å². The minimum Gasteiger partial charge on any atom is -0.493 e. The fourth-order valence-corrected chi connectivity index (χ4v) is 2.39. The summed E-state index contributed by atoms with van der Waals surface area (Å²) in [5.74, 6) is 2.52. The van der Waals surface area contributed by atoms with Crippen molar-refractivity contribution in [1.29, 1.82) is 0 Å². The van der Waals surface area contributed by atoms with Crippen molar-refractivity contribution in [3.63, 3.8) is 0 Å². The van der Waals surface area contributed by atoms with E-state index in [0.29, 0.717) is 6.54 Å². The van der Waals surface area contributed by atoms with Crippen LogP contribution < -0.4 is 14.8 Å². The van der Waals surface area contributed by atoms with Gasteiger partial charge >= 0.3 is 0 Å². The molecule has 0 saturated heterocycles. The molecular weight excluding hydrogens is 290 g/mol. The van der Waals surface area contributed by atoms with Gasteiger partial charge in [-0.05, 0) is 43.2 Å². The fraction of sp³-hybridized carbons (Fsp3) is 0.474. The van der Waals surface area contributed by atoms with Crippen LogP contribution in [0.4, 0.5) is 0 Å². The van der Waals surface area contributed by atoms with Crippen molar-refractivity contribution in [2.75, 3.05) is 13.7 Å². The summed E-state index contributed by atoms with van der Waals surface area (Å²) >= 11 is 0. The van der Waals surface area contributed by atoms with Gasteiger partial charge in [0.2, 0.25) is 0 Å². The van der Waals surface area contributed by atoms with Gasteiger partial charge in [-0.3, -0.25) is 0 Å². The third-order valence-electron chi connectivity index (χ3n) is 3.86. The van der Waals surface area contributed by atoms with Crippen molar-refractivity contribution in [3.8, 4) is 11.5 Å². The SMILES string of the molecule is CCCCCOc1ccc(C(C)NCc2ccco2)cc1OC. The second-order valence-electron chi connectivity index (χ2n) is 5.65. The average Bonchev–Trinajstić information content (AvgIpc) is 3.10. The molecule has 0 saturated carbocycles. The maximum atomic E-state index is 5.82. The lowest BCUT2D eigenvalue weighted by Gasteiger charge is -2.16. The van der Waals surface area contributed by atoms with E-state index in [4.69, 9.17) is 13.9 Å². The van der Waals surface area contributed by atoms with Crippen molar-refractivity contribution < 1.29 is 13.9 Å². The predicted octanol–water partition coefficient (Wildman–Crippen LogP) is 4.71. The van der Waals surface area contributed by atoms with E-state index >= 15 is 0 Å². The number of nitrogens with one attached hydrogen (secondary N) is 1. The Bertz CT molecular complexity index is 566. The summed E-state index contributed by atoms with van der Waals surface area (Å²) in [5.41, 5.74) is 1.16. The monoisotopic (exact) mass is 317 g/mol. The van der Waals surface area contributed by atoms with Crippen LogP contribution in [-0.4, -0.2) is 13.7 Å². The van der Waals surface area contributed by atoms with E-state index in [9.17, 15) is 0 Å². The Balaban J connectivity index is 1.93. The van der Waals surface area contributed by atoms with E-state index in [-0.39, 0.29) is 6.04 Å². The van der Waals surface area contributed by atoms with Crippen LogP contribution in [0, 0.1) is 0 Å². The topological polar surface area (TPSA) is 43.6 Å². The first kappa shape index (κ1) is 17.4. The van der Waals surface area contributed by atoms with Gasteiger partial charge in [-0.25, -0.2) is 0 Å². The Morgan fingerprint density at radius 1 is 1.17 bits per heavy atom. The molecule has 0 aliphatic rings. The highest BCUT2D eigenvalue weighted by Gasteiger charge is 2.11. The number of hydrogen-bond donors (Lipinski definition) is 1. The normalized spacial score (nSPS) is 12.1. The van der Waals surface area contributed by atoms with Gasteiger partial charge in [-0.15, -0.1) is 0 Å². The molecule has 0 amide bonds. The summed E-state index contributed by atoms with van der Waals surface area (Å²) in [5, 5.41) is 3.44. The number of ether oxygens (including phenoxy) is 2. The average molecular weight is 317 g/mol. The predicted molar refractivity (Wildman–Crippen MR) is 92.0 cm³/mol. The molecule has 0 radical (unpaired) electrons. The summed E-state index contributed by atoms with van der Waals surface area (Å²) in [6.45, 7) is 5.74. The lowest BCUT2D eigenvalue weighted by atomic mass is 10.1. The molecule has 1 atom stereocenters. The lowest BCUT2D eigenvalue weighted by Crippen LogP contribution is -2.17. The fourth-order valence-electron chi connectivity index (χ4n) is 2.39. The first-order valence-corrected chi connectivity index (χ1v) is 8.31. The van der Waals surface area contributed by atoms with Crippen LogP contribution in [0.3, 0.4) is 0 Å². The highest BCUT2D eigenvalue weighted by atomic mass is 16.5. The van der Waals surface area contributed by atoms with Crippen molar-refractivity contribution in [2.45, 2.75) is 45.7 Å². The Kier molecular flexibility index (Phi) is 7.01. The van der Waals surface area contributed by atoms with Gasteiger partial charge in [0.1, 0.15) is 5.76 Å². The Morgan fingerprint density at radius 2 is 2.04 bits per heavy atom. The molecule has 1 unspecified atom stereocenters. The lowest BCUT2D eigenvalue weighted by molar-refractivity contribution is 0.285. The van der Waals surface area contributed by atoms with Crippen LogP contribution in [0.1, 0.15) is 50.5 Å². The van der Waals surface area contributed by atoms with Crippen LogP contribution in [0.15, 0.2) is 41.0 Å². The largest absolute Gasteiger partial charge is 0.493 e. The molecule has 4 nitrogen and oxygen atoms in total. The molecule has 0 fully saturated rings. The number of rotatable bonds is 10. The maximum absolute atomic E-state index is 5.82. The van der Waals surface area contributed by atoms with Gasteiger partial charge < -0.3 is 19.2 Å². The van der Waals surface area contributed by atoms with Crippen LogP contribution in [0.25, 0.3) is 0 Å². The standard InChI is InChI=1S/C19H27NO3/c1-4-5-6-11-23-18-10-9-16(13-19(18)21-3)15(2)20-14-17-8-7-12-22-17/h7-10,12-13,15,20H,4-6,11,14H2,1-3H3. The second-order valence-corrected chi connectivity index (χ2v) is 5.65. The third-order valence-corrected chi connectivity index (χ3v) is 3.86. The van der Waals surface area contributed by atoms with Crippen molar-refractivity contribution in [1.82, 2.24) is 5.32 Å². The second kappa shape index (κ2) is 9.26. The number of hydrogen-bond acceptors (Lipinski definition) is 4. The smallest absolute Gasteiger partial charge is 0.161 e. The Hall–Kier alpha value is -1.94. The summed E-state index contributed by atoms with van der Waals surface area (Å²) in [7, 11) is 1.68. The highest BCUT2D eigenvalue weighted by Crippen LogP contribution is 2.30. The third kappa shape index (κ3) is 5.32. The zero-order chi connectivity index (χ0) is 16.5. The van der Waals surface area contributed by atoms with Crippen molar-refractivity contribution >= 4 is 0 Å². The number of benzene rings is 1. The molecule has 23 heavy (non-hydrogen) atoms. The molecule has 1 heterocycles. The minimum absolute atomic E-state index is 0.197. The molecule has 126 valence electrons. The van der Waals surface area contributed by atoms with E-state index in [1.54, 1.807) is 13.4 Å². The van der Waals surface area contributed by atoms with Crippen LogP contribution >= 0.6 is 0 Å².